The maximum absolute atomic E-state index is 3.51. The summed E-state index contributed by atoms with van der Waals surface area (Å²) in [6.45, 7) is 9.69. The molecule has 1 saturated heterocycles. The Bertz CT molecular complexity index is 159. The van der Waals surface area contributed by atoms with Crippen molar-refractivity contribution in [3.63, 3.8) is 0 Å². The minimum absolute atomic E-state index is 0.916. The number of likely N-dealkylation sites (tertiary alicyclic amines) is 1. The van der Waals surface area contributed by atoms with E-state index in [1.807, 2.05) is 0 Å². The van der Waals surface area contributed by atoms with Crippen LogP contribution in [-0.4, -0.2) is 63.2 Å². The Morgan fingerprint density at radius 1 is 1.33 bits per heavy atom. The lowest BCUT2D eigenvalue weighted by Gasteiger charge is -2.15. The average Bonchev–Trinajstić information content (AvgIpc) is 2.57. The zero-order valence-corrected chi connectivity index (χ0v) is 10.6. The first-order valence-electron chi connectivity index (χ1n) is 6.26. The molecule has 90 valence electrons. The summed E-state index contributed by atoms with van der Waals surface area (Å²) in [5.74, 6) is 0.916. The summed E-state index contributed by atoms with van der Waals surface area (Å²) in [6, 6.07) is 0. The Morgan fingerprint density at radius 3 is 2.73 bits per heavy atom. The zero-order valence-electron chi connectivity index (χ0n) is 10.6. The third-order valence-electron chi connectivity index (χ3n) is 3.07. The van der Waals surface area contributed by atoms with Crippen molar-refractivity contribution >= 4 is 0 Å². The molecule has 0 aliphatic carbocycles. The minimum Gasteiger partial charge on any atom is -0.315 e. The highest BCUT2D eigenvalue weighted by molar-refractivity contribution is 4.72. The minimum atomic E-state index is 0.916. The summed E-state index contributed by atoms with van der Waals surface area (Å²) in [5, 5.41) is 3.51. The lowest BCUT2D eigenvalue weighted by atomic mass is 10.2. The van der Waals surface area contributed by atoms with E-state index in [0.717, 1.165) is 19.0 Å². The van der Waals surface area contributed by atoms with Crippen LogP contribution in [-0.2, 0) is 0 Å². The first-order valence-corrected chi connectivity index (χ1v) is 6.26. The van der Waals surface area contributed by atoms with Crippen LogP contribution in [0.5, 0.6) is 0 Å². The second-order valence-electron chi connectivity index (χ2n) is 5.10. The molecule has 0 aromatic rings. The largest absolute Gasteiger partial charge is 0.315 e. The highest BCUT2D eigenvalue weighted by Crippen LogP contribution is 2.13. The second kappa shape index (κ2) is 7.20. The fourth-order valence-corrected chi connectivity index (χ4v) is 2.11. The molecule has 1 heterocycles. The van der Waals surface area contributed by atoms with Crippen molar-refractivity contribution in [1.29, 1.82) is 0 Å². The van der Waals surface area contributed by atoms with Crippen molar-refractivity contribution < 1.29 is 0 Å². The lowest BCUT2D eigenvalue weighted by molar-refractivity contribution is 0.322. The third-order valence-corrected chi connectivity index (χ3v) is 3.07. The molecule has 0 aromatic carbocycles. The first kappa shape index (κ1) is 12.9. The van der Waals surface area contributed by atoms with Crippen LogP contribution < -0.4 is 5.32 Å². The van der Waals surface area contributed by atoms with Gasteiger partial charge >= 0.3 is 0 Å². The third kappa shape index (κ3) is 6.13. The molecule has 1 unspecified atom stereocenters. The van der Waals surface area contributed by atoms with Gasteiger partial charge in [0.15, 0.2) is 0 Å². The molecule has 1 atom stereocenters. The Hall–Kier alpha value is -0.120. The van der Waals surface area contributed by atoms with Crippen molar-refractivity contribution in [3.8, 4) is 0 Å². The van der Waals surface area contributed by atoms with E-state index in [-0.39, 0.29) is 0 Å². The molecule has 0 amide bonds. The van der Waals surface area contributed by atoms with Crippen LogP contribution >= 0.6 is 0 Å². The Kier molecular flexibility index (Phi) is 6.22. The molecule has 0 radical (unpaired) electrons. The van der Waals surface area contributed by atoms with Gasteiger partial charge in [-0.3, -0.25) is 0 Å². The van der Waals surface area contributed by atoms with Gasteiger partial charge in [0.1, 0.15) is 0 Å². The van der Waals surface area contributed by atoms with Crippen molar-refractivity contribution in [2.75, 3.05) is 53.4 Å². The van der Waals surface area contributed by atoms with Crippen LogP contribution in [0.25, 0.3) is 0 Å². The normalized spacial score (nSPS) is 22.8. The quantitative estimate of drug-likeness (QED) is 0.633. The molecule has 1 N–H and O–H groups in total. The summed E-state index contributed by atoms with van der Waals surface area (Å²) in [4.78, 5) is 4.81. The van der Waals surface area contributed by atoms with Gasteiger partial charge in [0.2, 0.25) is 0 Å². The predicted molar refractivity (Wildman–Crippen MR) is 66.3 cm³/mol. The number of nitrogens with zero attached hydrogens (tertiary/aromatic N) is 2. The molecule has 0 bridgehead atoms. The van der Waals surface area contributed by atoms with E-state index >= 15 is 0 Å². The number of nitrogens with one attached hydrogen (secondary N) is 1. The van der Waals surface area contributed by atoms with Gasteiger partial charge in [0.25, 0.3) is 0 Å². The van der Waals surface area contributed by atoms with Crippen LogP contribution in [0.3, 0.4) is 0 Å². The highest BCUT2D eigenvalue weighted by Gasteiger charge is 2.17. The van der Waals surface area contributed by atoms with Gasteiger partial charge in [-0.15, -0.1) is 0 Å². The summed E-state index contributed by atoms with van der Waals surface area (Å²) in [7, 11) is 4.26. The van der Waals surface area contributed by atoms with E-state index < -0.39 is 0 Å². The zero-order chi connectivity index (χ0) is 11.1. The Balaban J connectivity index is 1.85. The summed E-state index contributed by atoms with van der Waals surface area (Å²) in [6.07, 6.45) is 2.64. The van der Waals surface area contributed by atoms with Gasteiger partial charge in [-0.1, -0.05) is 6.92 Å². The molecule has 0 aromatic heterocycles. The fraction of sp³-hybridized carbons (Fsp3) is 1.00. The summed E-state index contributed by atoms with van der Waals surface area (Å²) < 4.78 is 0. The molecule has 3 nitrogen and oxygen atoms in total. The van der Waals surface area contributed by atoms with Gasteiger partial charge in [-0.2, -0.15) is 0 Å². The summed E-state index contributed by atoms with van der Waals surface area (Å²) in [5.41, 5.74) is 0. The molecule has 0 spiro atoms. The van der Waals surface area contributed by atoms with E-state index in [9.17, 15) is 0 Å². The van der Waals surface area contributed by atoms with Crippen LogP contribution in [0.15, 0.2) is 0 Å². The predicted octanol–water partition coefficient (Wildman–Crippen LogP) is 0.870. The Morgan fingerprint density at radius 2 is 2.13 bits per heavy atom. The standard InChI is InChI=1S/C12H27N3/c1-12-5-9-15(11-12)10-7-13-6-4-8-14(2)3/h12-13H,4-11H2,1-3H3. The fourth-order valence-electron chi connectivity index (χ4n) is 2.11. The molecule has 3 heteroatoms. The number of hydrogen-bond acceptors (Lipinski definition) is 3. The van der Waals surface area contributed by atoms with Gasteiger partial charge < -0.3 is 15.1 Å². The monoisotopic (exact) mass is 213 g/mol. The Labute approximate surface area is 94.8 Å². The van der Waals surface area contributed by atoms with E-state index in [1.165, 1.54) is 39.0 Å². The topological polar surface area (TPSA) is 18.5 Å². The van der Waals surface area contributed by atoms with Crippen LogP contribution in [0.4, 0.5) is 0 Å². The van der Waals surface area contributed by atoms with Crippen LogP contribution in [0.1, 0.15) is 19.8 Å². The van der Waals surface area contributed by atoms with Gasteiger partial charge in [-0.05, 0) is 52.5 Å². The molecule has 15 heavy (non-hydrogen) atoms. The second-order valence-corrected chi connectivity index (χ2v) is 5.10. The highest BCUT2D eigenvalue weighted by atomic mass is 15.2. The molecular formula is C12H27N3. The molecular weight excluding hydrogens is 186 g/mol. The molecule has 1 rings (SSSR count). The number of rotatable bonds is 7. The lowest BCUT2D eigenvalue weighted by Crippen LogP contribution is -2.31. The van der Waals surface area contributed by atoms with E-state index in [4.69, 9.17) is 0 Å². The van der Waals surface area contributed by atoms with Crippen molar-refractivity contribution in [2.45, 2.75) is 19.8 Å². The number of hydrogen-bond donors (Lipinski definition) is 1. The van der Waals surface area contributed by atoms with Crippen molar-refractivity contribution in [2.24, 2.45) is 5.92 Å². The van der Waals surface area contributed by atoms with E-state index in [0.29, 0.717) is 0 Å². The molecule has 0 saturated carbocycles. The maximum atomic E-state index is 3.51. The molecule has 1 aliphatic heterocycles. The smallest absolute Gasteiger partial charge is 0.0107 e. The van der Waals surface area contributed by atoms with Gasteiger partial charge in [0.05, 0.1) is 0 Å². The van der Waals surface area contributed by atoms with Gasteiger partial charge in [-0.25, -0.2) is 0 Å². The van der Waals surface area contributed by atoms with E-state index in [1.54, 1.807) is 0 Å². The van der Waals surface area contributed by atoms with E-state index in [2.05, 4.69) is 36.1 Å². The first-order chi connectivity index (χ1) is 7.18. The van der Waals surface area contributed by atoms with Crippen molar-refractivity contribution in [1.82, 2.24) is 15.1 Å². The van der Waals surface area contributed by atoms with Crippen LogP contribution in [0.2, 0.25) is 0 Å². The SMILES string of the molecule is CC1CCN(CCNCCCN(C)C)C1. The maximum Gasteiger partial charge on any atom is 0.0107 e. The summed E-state index contributed by atoms with van der Waals surface area (Å²) >= 11 is 0. The van der Waals surface area contributed by atoms with Crippen molar-refractivity contribution in [3.05, 3.63) is 0 Å². The van der Waals surface area contributed by atoms with Crippen LogP contribution in [0, 0.1) is 5.92 Å². The van der Waals surface area contributed by atoms with Gasteiger partial charge in [0, 0.05) is 19.6 Å². The molecule has 1 fully saturated rings. The average molecular weight is 213 g/mol. The molecule has 1 aliphatic rings.